The minimum Gasteiger partial charge on any atom is -0.497 e. The molecule has 0 unspecified atom stereocenters. The van der Waals surface area contributed by atoms with E-state index in [9.17, 15) is 18.4 Å². The van der Waals surface area contributed by atoms with Gasteiger partial charge in [0.25, 0.3) is 5.91 Å². The van der Waals surface area contributed by atoms with E-state index in [4.69, 9.17) is 14.2 Å². The lowest BCUT2D eigenvalue weighted by Crippen LogP contribution is -2.33. The zero-order valence-electron chi connectivity index (χ0n) is 18.5. The molecule has 3 rings (SSSR count). The first-order chi connectivity index (χ1) is 16.4. The van der Waals surface area contributed by atoms with Gasteiger partial charge in [-0.1, -0.05) is 36.4 Å². The molecule has 0 saturated carbocycles. The molecule has 0 aromatic heterocycles. The molecule has 1 amide bonds. The molecule has 3 aromatic carbocycles. The molecular weight excluding hydrogens is 448 g/mol. The Labute approximate surface area is 195 Å². The van der Waals surface area contributed by atoms with Crippen molar-refractivity contribution in [2.75, 3.05) is 20.8 Å². The molecule has 1 N–H and O–H groups in total. The Hall–Kier alpha value is -4.14. The fraction of sp³-hybridized carbons (Fsp3) is 0.200. The standard InChI is InChI=1S/C25H23F2NO6/c1-31-18-11-7-16(8-12-18)23(17-9-13-19(32-2)14-10-17)28-22(29)15-33-24(30)20-5-3-4-6-21(20)34-25(26)27/h3-14,23,25H,15H2,1-2H3,(H,28,29). The number of rotatable bonds is 10. The van der Waals surface area contributed by atoms with Gasteiger partial charge in [0.2, 0.25) is 0 Å². The van der Waals surface area contributed by atoms with Gasteiger partial charge in [0.1, 0.15) is 22.8 Å². The van der Waals surface area contributed by atoms with Gasteiger partial charge in [-0.2, -0.15) is 8.78 Å². The van der Waals surface area contributed by atoms with Crippen LogP contribution in [0, 0.1) is 0 Å². The van der Waals surface area contributed by atoms with E-state index in [0.29, 0.717) is 11.5 Å². The SMILES string of the molecule is COc1ccc(C(NC(=O)COC(=O)c2ccccc2OC(F)F)c2ccc(OC)cc2)cc1. The van der Waals surface area contributed by atoms with E-state index < -0.39 is 31.1 Å². The van der Waals surface area contributed by atoms with Crippen molar-refractivity contribution in [2.45, 2.75) is 12.7 Å². The van der Waals surface area contributed by atoms with Crippen LogP contribution in [0.4, 0.5) is 8.78 Å². The quantitative estimate of drug-likeness (QED) is 0.442. The van der Waals surface area contributed by atoms with Gasteiger partial charge in [0, 0.05) is 0 Å². The third-order valence-electron chi connectivity index (χ3n) is 4.86. The van der Waals surface area contributed by atoms with Crippen molar-refractivity contribution in [3.8, 4) is 17.2 Å². The number of benzene rings is 3. The summed E-state index contributed by atoms with van der Waals surface area (Å²) < 4.78 is 44.9. The second kappa shape index (κ2) is 11.6. The number of nitrogens with one attached hydrogen (secondary N) is 1. The minimum absolute atomic E-state index is 0.211. The molecular formula is C25H23F2NO6. The van der Waals surface area contributed by atoms with E-state index in [1.165, 1.54) is 24.3 Å². The summed E-state index contributed by atoms with van der Waals surface area (Å²) in [6.45, 7) is -3.73. The van der Waals surface area contributed by atoms with Crippen molar-refractivity contribution in [3.05, 3.63) is 89.5 Å². The van der Waals surface area contributed by atoms with Crippen LogP contribution in [0.15, 0.2) is 72.8 Å². The van der Waals surface area contributed by atoms with Crippen LogP contribution < -0.4 is 19.5 Å². The Morgan fingerprint density at radius 2 is 1.35 bits per heavy atom. The number of carbonyl (C=O) groups is 2. The molecule has 0 saturated heterocycles. The Morgan fingerprint density at radius 1 is 0.824 bits per heavy atom. The predicted molar refractivity (Wildman–Crippen MR) is 119 cm³/mol. The molecule has 0 spiro atoms. The maximum atomic E-state index is 12.7. The van der Waals surface area contributed by atoms with E-state index in [-0.39, 0.29) is 11.3 Å². The zero-order valence-corrected chi connectivity index (χ0v) is 18.5. The monoisotopic (exact) mass is 471 g/mol. The molecule has 0 radical (unpaired) electrons. The van der Waals surface area contributed by atoms with E-state index in [1.807, 2.05) is 0 Å². The molecule has 0 bridgehead atoms. The van der Waals surface area contributed by atoms with Gasteiger partial charge >= 0.3 is 12.6 Å². The minimum atomic E-state index is -3.10. The summed E-state index contributed by atoms with van der Waals surface area (Å²) in [7, 11) is 3.10. The number of halogens is 2. The van der Waals surface area contributed by atoms with Gasteiger partial charge in [-0.25, -0.2) is 4.79 Å². The summed E-state index contributed by atoms with van der Waals surface area (Å²) in [6, 6.07) is 19.1. The number of alkyl halides is 2. The molecule has 3 aromatic rings. The van der Waals surface area contributed by atoms with Crippen LogP contribution in [0.2, 0.25) is 0 Å². The Balaban J connectivity index is 1.73. The number of hydrogen-bond acceptors (Lipinski definition) is 6. The Kier molecular flexibility index (Phi) is 8.39. The van der Waals surface area contributed by atoms with Crippen molar-refractivity contribution in [1.82, 2.24) is 5.32 Å². The number of ether oxygens (including phenoxy) is 4. The van der Waals surface area contributed by atoms with Crippen LogP contribution in [0.25, 0.3) is 0 Å². The number of hydrogen-bond donors (Lipinski definition) is 1. The lowest BCUT2D eigenvalue weighted by Gasteiger charge is -2.20. The van der Waals surface area contributed by atoms with Crippen molar-refractivity contribution in [1.29, 1.82) is 0 Å². The molecule has 34 heavy (non-hydrogen) atoms. The van der Waals surface area contributed by atoms with Gasteiger partial charge in [0.15, 0.2) is 6.61 Å². The fourth-order valence-electron chi connectivity index (χ4n) is 3.20. The molecule has 0 heterocycles. The lowest BCUT2D eigenvalue weighted by molar-refractivity contribution is -0.124. The molecule has 9 heteroatoms. The summed E-state index contributed by atoms with van der Waals surface area (Å²) in [4.78, 5) is 25.0. The average molecular weight is 471 g/mol. The molecule has 0 aliphatic rings. The van der Waals surface area contributed by atoms with Crippen LogP contribution in [-0.4, -0.2) is 39.3 Å². The van der Waals surface area contributed by atoms with E-state index >= 15 is 0 Å². The number of carbonyl (C=O) groups excluding carboxylic acids is 2. The highest BCUT2D eigenvalue weighted by Gasteiger charge is 2.21. The van der Waals surface area contributed by atoms with Crippen molar-refractivity contribution in [2.24, 2.45) is 0 Å². The highest BCUT2D eigenvalue weighted by atomic mass is 19.3. The van der Waals surface area contributed by atoms with Crippen molar-refractivity contribution in [3.63, 3.8) is 0 Å². The van der Waals surface area contributed by atoms with E-state index in [0.717, 1.165) is 11.1 Å². The van der Waals surface area contributed by atoms with Gasteiger partial charge < -0.3 is 24.3 Å². The normalized spacial score (nSPS) is 10.6. The van der Waals surface area contributed by atoms with Gasteiger partial charge in [-0.05, 0) is 47.5 Å². The third kappa shape index (κ3) is 6.44. The second-order valence-electron chi connectivity index (χ2n) is 7.00. The zero-order chi connectivity index (χ0) is 24.5. The third-order valence-corrected chi connectivity index (χ3v) is 4.86. The van der Waals surface area contributed by atoms with Gasteiger partial charge in [-0.3, -0.25) is 4.79 Å². The second-order valence-corrected chi connectivity index (χ2v) is 7.00. The van der Waals surface area contributed by atoms with Crippen LogP contribution in [0.5, 0.6) is 17.2 Å². The molecule has 0 fully saturated rings. The van der Waals surface area contributed by atoms with Crippen molar-refractivity contribution < 1.29 is 37.3 Å². The van der Waals surface area contributed by atoms with Crippen LogP contribution in [0.1, 0.15) is 27.5 Å². The number of methoxy groups -OCH3 is 2. The number of esters is 1. The Bertz CT molecular complexity index is 1060. The first kappa shape index (κ1) is 24.5. The number of amides is 1. The molecule has 7 nitrogen and oxygen atoms in total. The first-order valence-corrected chi connectivity index (χ1v) is 10.2. The summed E-state index contributed by atoms with van der Waals surface area (Å²) >= 11 is 0. The largest absolute Gasteiger partial charge is 0.497 e. The summed E-state index contributed by atoms with van der Waals surface area (Å²) in [5, 5.41) is 2.83. The van der Waals surface area contributed by atoms with Gasteiger partial charge in [-0.15, -0.1) is 0 Å². The average Bonchev–Trinajstić information content (AvgIpc) is 2.86. The summed E-state index contributed by atoms with van der Waals surface area (Å²) in [5.74, 6) is -0.573. The van der Waals surface area contributed by atoms with E-state index in [1.54, 1.807) is 62.8 Å². The highest BCUT2D eigenvalue weighted by Crippen LogP contribution is 2.26. The lowest BCUT2D eigenvalue weighted by atomic mass is 9.98. The molecule has 0 atom stereocenters. The maximum Gasteiger partial charge on any atom is 0.387 e. The van der Waals surface area contributed by atoms with Gasteiger partial charge in [0.05, 0.1) is 20.3 Å². The number of para-hydroxylation sites is 1. The smallest absolute Gasteiger partial charge is 0.387 e. The molecule has 178 valence electrons. The fourth-order valence-corrected chi connectivity index (χ4v) is 3.20. The van der Waals surface area contributed by atoms with Crippen LogP contribution in [0.3, 0.4) is 0 Å². The van der Waals surface area contributed by atoms with Crippen LogP contribution in [-0.2, 0) is 9.53 Å². The summed E-state index contributed by atoms with van der Waals surface area (Å²) in [5.41, 5.74) is 1.32. The first-order valence-electron chi connectivity index (χ1n) is 10.2. The molecule has 0 aliphatic heterocycles. The Morgan fingerprint density at radius 3 is 1.85 bits per heavy atom. The summed E-state index contributed by atoms with van der Waals surface area (Å²) in [6.07, 6.45) is 0. The van der Waals surface area contributed by atoms with E-state index in [2.05, 4.69) is 10.1 Å². The topological polar surface area (TPSA) is 83.1 Å². The predicted octanol–water partition coefficient (Wildman–Crippen LogP) is 4.37. The maximum absolute atomic E-state index is 12.7. The molecule has 0 aliphatic carbocycles. The van der Waals surface area contributed by atoms with Crippen molar-refractivity contribution >= 4 is 11.9 Å². The highest BCUT2D eigenvalue weighted by molar-refractivity contribution is 5.94. The van der Waals surface area contributed by atoms with Crippen LogP contribution >= 0.6 is 0 Å².